The molecule has 10 heteroatoms. The van der Waals surface area contributed by atoms with Gasteiger partial charge in [0.1, 0.15) is 10.7 Å². The molecule has 0 spiro atoms. The van der Waals surface area contributed by atoms with Crippen molar-refractivity contribution in [1.82, 2.24) is 19.4 Å². The van der Waals surface area contributed by atoms with Gasteiger partial charge in [-0.25, -0.2) is 4.98 Å². The van der Waals surface area contributed by atoms with E-state index in [-0.39, 0.29) is 17.4 Å². The Balaban J connectivity index is 1.75. The molecule has 5 rings (SSSR count). The van der Waals surface area contributed by atoms with Gasteiger partial charge in [0.25, 0.3) is 11.5 Å². The zero-order valence-corrected chi connectivity index (χ0v) is 26.3. The van der Waals surface area contributed by atoms with Crippen molar-refractivity contribution in [3.8, 4) is 27.5 Å². The topological polar surface area (TPSA) is 68.1 Å². The number of hydrogen-bond donors (Lipinski definition) is 0. The number of rotatable bonds is 8. The normalized spacial score (nSPS) is 14.0. The fourth-order valence-electron chi connectivity index (χ4n) is 5.83. The van der Waals surface area contributed by atoms with Crippen LogP contribution in [0.2, 0.25) is 0 Å². The van der Waals surface area contributed by atoms with E-state index < -0.39 is 11.9 Å². The van der Waals surface area contributed by atoms with Crippen molar-refractivity contribution >= 4 is 17.2 Å². The SMILES string of the molecule is CCc1cccc(CC)c1-n1c(CC(C)C)c(C(=O)N2CCCCC2)cc(-c2nc(-c3ccc(C(F)(F)F)nc3)cs2)c1=O. The van der Waals surface area contributed by atoms with Crippen molar-refractivity contribution < 1.29 is 18.0 Å². The lowest BCUT2D eigenvalue weighted by atomic mass is 9.96. The van der Waals surface area contributed by atoms with Crippen LogP contribution in [0.15, 0.2) is 52.8 Å². The van der Waals surface area contributed by atoms with Crippen LogP contribution in [0.4, 0.5) is 13.2 Å². The molecule has 3 aromatic heterocycles. The van der Waals surface area contributed by atoms with Gasteiger partial charge < -0.3 is 4.90 Å². The Morgan fingerprint density at radius 1 is 1.02 bits per heavy atom. The summed E-state index contributed by atoms with van der Waals surface area (Å²) < 4.78 is 41.0. The maximum absolute atomic E-state index is 14.6. The number of carbonyl (C=O) groups excluding carboxylic acids is 1. The average Bonchev–Trinajstić information content (AvgIpc) is 3.51. The number of likely N-dealkylation sites (tertiary alicyclic amines) is 1. The van der Waals surface area contributed by atoms with Crippen LogP contribution in [0, 0.1) is 5.92 Å². The molecule has 1 amide bonds. The molecular formula is C34H37F3N4O2S. The Morgan fingerprint density at radius 3 is 2.27 bits per heavy atom. The molecule has 0 bridgehead atoms. The highest BCUT2D eigenvalue weighted by molar-refractivity contribution is 7.13. The summed E-state index contributed by atoms with van der Waals surface area (Å²) >= 11 is 1.22. The first-order chi connectivity index (χ1) is 21.0. The van der Waals surface area contributed by atoms with Gasteiger partial charge in [-0.05, 0) is 73.8 Å². The second-order valence-electron chi connectivity index (χ2n) is 11.6. The molecule has 0 atom stereocenters. The van der Waals surface area contributed by atoms with E-state index in [1.54, 1.807) is 16.0 Å². The first kappa shape index (κ1) is 31.6. The molecule has 1 aliphatic heterocycles. The highest BCUT2D eigenvalue weighted by Gasteiger charge is 2.32. The number of aryl methyl sites for hydroxylation is 2. The number of thiazole rings is 1. The van der Waals surface area contributed by atoms with Gasteiger partial charge in [-0.3, -0.25) is 19.1 Å². The van der Waals surface area contributed by atoms with Gasteiger partial charge in [-0.15, -0.1) is 11.3 Å². The van der Waals surface area contributed by atoms with E-state index in [0.29, 0.717) is 65.4 Å². The molecule has 1 aliphatic rings. The third-order valence-corrected chi connectivity index (χ3v) is 8.93. The quantitative estimate of drug-likeness (QED) is 0.200. The Hall–Kier alpha value is -3.79. The zero-order chi connectivity index (χ0) is 31.6. The first-order valence-corrected chi connectivity index (χ1v) is 16.1. The highest BCUT2D eigenvalue weighted by atomic mass is 32.1. The summed E-state index contributed by atoms with van der Waals surface area (Å²) in [5, 5.41) is 2.10. The number of para-hydroxylation sites is 1. The second kappa shape index (κ2) is 13.1. The predicted molar refractivity (Wildman–Crippen MR) is 168 cm³/mol. The molecule has 4 aromatic rings. The van der Waals surface area contributed by atoms with E-state index in [4.69, 9.17) is 0 Å². The Morgan fingerprint density at radius 2 is 1.70 bits per heavy atom. The van der Waals surface area contributed by atoms with E-state index in [1.165, 1.54) is 17.4 Å². The molecular weight excluding hydrogens is 585 g/mol. The van der Waals surface area contributed by atoms with Crippen LogP contribution < -0.4 is 5.56 Å². The van der Waals surface area contributed by atoms with Gasteiger partial charge in [-0.2, -0.15) is 13.2 Å². The van der Waals surface area contributed by atoms with Crippen LogP contribution in [-0.2, 0) is 25.4 Å². The van der Waals surface area contributed by atoms with E-state index >= 15 is 0 Å². The largest absolute Gasteiger partial charge is 0.433 e. The number of pyridine rings is 2. The molecule has 0 saturated carbocycles. The molecule has 1 saturated heterocycles. The minimum absolute atomic E-state index is 0.0916. The summed E-state index contributed by atoms with van der Waals surface area (Å²) in [4.78, 5) is 39.0. The van der Waals surface area contributed by atoms with E-state index in [1.807, 2.05) is 23.1 Å². The maximum atomic E-state index is 14.6. The lowest BCUT2D eigenvalue weighted by Gasteiger charge is -2.29. The number of halogens is 3. The van der Waals surface area contributed by atoms with Gasteiger partial charge in [0.05, 0.1) is 22.5 Å². The number of aromatic nitrogens is 3. The first-order valence-electron chi connectivity index (χ1n) is 15.2. The maximum Gasteiger partial charge on any atom is 0.433 e. The van der Waals surface area contributed by atoms with Crippen molar-refractivity contribution in [1.29, 1.82) is 0 Å². The summed E-state index contributed by atoms with van der Waals surface area (Å²) in [5.41, 5.74) is 3.90. The van der Waals surface area contributed by atoms with Gasteiger partial charge in [-0.1, -0.05) is 45.9 Å². The van der Waals surface area contributed by atoms with Crippen molar-refractivity contribution in [2.75, 3.05) is 13.1 Å². The van der Waals surface area contributed by atoms with Crippen molar-refractivity contribution in [3.63, 3.8) is 0 Å². The van der Waals surface area contributed by atoms with Crippen LogP contribution in [0.25, 0.3) is 27.5 Å². The van der Waals surface area contributed by atoms with Crippen LogP contribution in [0.1, 0.15) is 79.8 Å². The van der Waals surface area contributed by atoms with Crippen LogP contribution in [0.5, 0.6) is 0 Å². The lowest BCUT2D eigenvalue weighted by Crippen LogP contribution is -2.38. The Kier molecular flexibility index (Phi) is 9.39. The number of piperidine rings is 1. The minimum atomic E-state index is -4.54. The summed E-state index contributed by atoms with van der Waals surface area (Å²) in [6.45, 7) is 9.61. The molecule has 4 heterocycles. The van der Waals surface area contributed by atoms with Crippen LogP contribution in [-0.4, -0.2) is 38.4 Å². The molecule has 0 radical (unpaired) electrons. The predicted octanol–water partition coefficient (Wildman–Crippen LogP) is 7.99. The number of hydrogen-bond acceptors (Lipinski definition) is 5. The second-order valence-corrected chi connectivity index (χ2v) is 12.5. The zero-order valence-electron chi connectivity index (χ0n) is 25.5. The minimum Gasteiger partial charge on any atom is -0.339 e. The monoisotopic (exact) mass is 622 g/mol. The van der Waals surface area contributed by atoms with Gasteiger partial charge >= 0.3 is 6.18 Å². The number of benzene rings is 1. The molecule has 232 valence electrons. The number of alkyl halides is 3. The molecule has 0 unspecified atom stereocenters. The summed E-state index contributed by atoms with van der Waals surface area (Å²) in [6, 6.07) is 10.0. The van der Waals surface area contributed by atoms with E-state index in [0.717, 1.165) is 48.3 Å². The fourth-order valence-corrected chi connectivity index (χ4v) is 6.66. The third-order valence-electron chi connectivity index (χ3n) is 8.05. The summed E-state index contributed by atoms with van der Waals surface area (Å²) in [5.74, 6) is 0.0861. The molecule has 0 N–H and O–H groups in total. The summed E-state index contributed by atoms with van der Waals surface area (Å²) in [6.07, 6.45) is 1.50. The van der Waals surface area contributed by atoms with Crippen molar-refractivity contribution in [2.24, 2.45) is 5.92 Å². The number of carbonyl (C=O) groups is 1. The smallest absolute Gasteiger partial charge is 0.339 e. The van der Waals surface area contributed by atoms with Crippen LogP contribution in [0.3, 0.4) is 0 Å². The summed E-state index contributed by atoms with van der Waals surface area (Å²) in [7, 11) is 0. The lowest BCUT2D eigenvalue weighted by molar-refractivity contribution is -0.141. The molecule has 0 aliphatic carbocycles. The van der Waals surface area contributed by atoms with E-state index in [9.17, 15) is 22.8 Å². The third kappa shape index (κ3) is 6.36. The van der Waals surface area contributed by atoms with E-state index in [2.05, 4.69) is 37.7 Å². The van der Waals surface area contributed by atoms with Crippen molar-refractivity contribution in [3.05, 3.63) is 86.4 Å². The standard InChI is InChI=1S/C34H37F3N4O2S/c1-5-22-11-10-12-23(6-2)30(22)41-28(17-21(3)4)25(32(42)40-15-8-7-9-16-40)18-26(33(41)43)31-39-27(20-44-31)24-13-14-29(38-19-24)34(35,36)37/h10-14,18-21H,5-9,15-17H2,1-4H3. The molecule has 1 aromatic carbocycles. The molecule has 1 fully saturated rings. The Labute approximate surface area is 259 Å². The van der Waals surface area contributed by atoms with Gasteiger partial charge in [0.15, 0.2) is 0 Å². The number of amides is 1. The number of nitrogens with zero attached hydrogens (tertiary/aromatic N) is 4. The average molecular weight is 623 g/mol. The van der Waals surface area contributed by atoms with Crippen LogP contribution >= 0.6 is 11.3 Å². The van der Waals surface area contributed by atoms with Gasteiger partial charge in [0, 0.05) is 35.9 Å². The van der Waals surface area contributed by atoms with Crippen molar-refractivity contribution in [2.45, 2.75) is 72.4 Å². The fraction of sp³-hybridized carbons (Fsp3) is 0.412. The molecule has 44 heavy (non-hydrogen) atoms. The Bertz CT molecular complexity index is 1680. The molecule has 6 nitrogen and oxygen atoms in total. The van der Waals surface area contributed by atoms with Gasteiger partial charge in [0.2, 0.25) is 0 Å². The highest BCUT2D eigenvalue weighted by Crippen LogP contribution is 2.33.